The Morgan fingerprint density at radius 3 is 2.03 bits per heavy atom. The lowest BCUT2D eigenvalue weighted by Gasteiger charge is -2.24. The Labute approximate surface area is 381 Å². The van der Waals surface area contributed by atoms with Crippen molar-refractivity contribution in [2.75, 3.05) is 106 Å². The summed E-state index contributed by atoms with van der Waals surface area (Å²) in [6.07, 6.45) is 4.88. The third-order valence-corrected chi connectivity index (χ3v) is 12.2. The topological polar surface area (TPSA) is 196 Å². The molecule has 64 heavy (non-hydrogen) atoms. The second-order valence-electron chi connectivity index (χ2n) is 16.6. The zero-order chi connectivity index (χ0) is 46.8. The van der Waals surface area contributed by atoms with Gasteiger partial charge in [0, 0.05) is 71.5 Å². The van der Waals surface area contributed by atoms with E-state index < -0.39 is 21.7 Å². The van der Waals surface area contributed by atoms with Crippen LogP contribution in [-0.2, 0) is 49.8 Å². The number of carbonyl (C=O) groups is 3. The molecule has 3 amide bonds. The lowest BCUT2D eigenvalue weighted by molar-refractivity contribution is -0.137. The molecule has 360 valence electrons. The predicted octanol–water partition coefficient (Wildman–Crippen LogP) is 4.75. The van der Waals surface area contributed by atoms with Gasteiger partial charge in [0.1, 0.15) is 23.8 Å². The molecular weight excluding hydrogens is 845 g/mol. The molecule has 0 atom stereocenters. The first-order valence-electron chi connectivity index (χ1n) is 22.4. The van der Waals surface area contributed by atoms with Crippen molar-refractivity contribution in [1.82, 2.24) is 25.2 Å². The van der Waals surface area contributed by atoms with Crippen LogP contribution in [0.15, 0.2) is 46.3 Å². The number of aryl methyl sites for hydroxylation is 2. The van der Waals surface area contributed by atoms with E-state index in [-0.39, 0.29) is 36.5 Å². The van der Waals surface area contributed by atoms with Crippen molar-refractivity contribution in [2.24, 2.45) is 4.99 Å². The number of nitrogens with zero attached hydrogens (tertiary/aromatic N) is 3. The molecule has 0 bridgehead atoms. The summed E-state index contributed by atoms with van der Waals surface area (Å²) in [5, 5.41) is 8.95. The molecule has 3 rings (SSSR count). The van der Waals surface area contributed by atoms with Gasteiger partial charge in [0.25, 0.3) is 0 Å². The summed E-state index contributed by atoms with van der Waals surface area (Å²) in [4.78, 5) is 43.6. The molecule has 18 heteroatoms. The van der Waals surface area contributed by atoms with Crippen molar-refractivity contribution in [3.05, 3.63) is 58.7 Å². The fourth-order valence-electron chi connectivity index (χ4n) is 6.69. The van der Waals surface area contributed by atoms with Crippen LogP contribution in [0, 0.1) is 13.8 Å². The number of rotatable bonds is 32. The number of methoxy groups -OCH3 is 1. The number of sulfonamides is 1. The quantitative estimate of drug-likeness (QED) is 0.0855. The van der Waals surface area contributed by atoms with Crippen LogP contribution in [-0.4, -0.2) is 153 Å². The monoisotopic (exact) mass is 919 g/mol. The van der Waals surface area contributed by atoms with Crippen LogP contribution in [0.1, 0.15) is 88.0 Å². The van der Waals surface area contributed by atoms with Crippen LogP contribution in [0.4, 0.5) is 4.79 Å². The van der Waals surface area contributed by atoms with Crippen molar-refractivity contribution in [1.29, 1.82) is 0 Å². The Bertz CT molecular complexity index is 1830. The number of hydrogen-bond donors (Lipinski definition) is 3. The van der Waals surface area contributed by atoms with Crippen molar-refractivity contribution < 1.29 is 51.2 Å². The molecule has 0 aromatic heterocycles. The van der Waals surface area contributed by atoms with Gasteiger partial charge in [-0.15, -0.1) is 0 Å². The first-order valence-corrected chi connectivity index (χ1v) is 23.9. The standard InChI is InChI=1S/C46H74N6O11S/c1-36-32-40(58-7)33-37(2)43(36)64(56,57)51(6)24-27-62-35-42(54)52(34-38-15-17-39(18-16-38)44-48-21-22-49-44)23-13-26-60-29-31-61-30-28-59-25-12-20-47-41(53)14-10-8-9-11-19-50-45(55)63-46(3,4)5/h15-18,32-33H,8-14,19-31,34-35H2,1-7H3,(H,47,53)(H,48,49)(H,50,55). The summed E-state index contributed by atoms with van der Waals surface area (Å²) < 4.78 is 61.3. The maximum atomic E-state index is 13.5. The van der Waals surface area contributed by atoms with Gasteiger partial charge in [0.2, 0.25) is 21.8 Å². The van der Waals surface area contributed by atoms with Gasteiger partial charge in [-0.1, -0.05) is 37.1 Å². The fraction of sp³-hybridized carbons (Fsp3) is 0.652. The number of unbranched alkanes of at least 4 members (excludes halogenated alkanes) is 3. The number of hydrogen-bond acceptors (Lipinski definition) is 13. The van der Waals surface area contributed by atoms with Crippen LogP contribution >= 0.6 is 0 Å². The number of alkyl carbamates (subject to hydrolysis) is 1. The average molecular weight is 919 g/mol. The molecule has 0 aliphatic carbocycles. The Morgan fingerprint density at radius 1 is 0.781 bits per heavy atom. The third-order valence-electron chi connectivity index (χ3n) is 9.99. The number of benzene rings is 2. The molecule has 17 nitrogen and oxygen atoms in total. The second kappa shape index (κ2) is 29.3. The van der Waals surface area contributed by atoms with Crippen molar-refractivity contribution in [3.8, 4) is 5.75 Å². The van der Waals surface area contributed by atoms with Gasteiger partial charge in [-0.3, -0.25) is 14.6 Å². The SMILES string of the molecule is COc1cc(C)c(S(=O)(=O)N(C)CCOCC(=O)N(CCCOCCOCCOCCCNC(=O)CCCCCCNC(=O)OC(C)(C)C)Cc2ccc(C3=NCCN3)cc2)c(C)c1. The number of ether oxygens (including phenoxy) is 6. The maximum absolute atomic E-state index is 13.5. The highest BCUT2D eigenvalue weighted by atomic mass is 32.2. The van der Waals surface area contributed by atoms with E-state index in [4.69, 9.17) is 28.4 Å². The molecule has 1 heterocycles. The number of carbonyl (C=O) groups excluding carboxylic acids is 3. The van der Waals surface area contributed by atoms with E-state index in [0.717, 1.165) is 55.7 Å². The van der Waals surface area contributed by atoms with E-state index in [1.165, 1.54) is 11.4 Å². The summed E-state index contributed by atoms with van der Waals surface area (Å²) >= 11 is 0. The number of aliphatic imine (C=N–C) groups is 1. The Kier molecular flexibility index (Phi) is 24.7. The maximum Gasteiger partial charge on any atom is 0.407 e. The zero-order valence-corrected chi connectivity index (χ0v) is 40.1. The Hall–Kier alpha value is -4.33. The fourth-order valence-corrected chi connectivity index (χ4v) is 8.24. The van der Waals surface area contributed by atoms with Gasteiger partial charge in [0.15, 0.2) is 0 Å². The van der Waals surface area contributed by atoms with Crippen LogP contribution in [0.2, 0.25) is 0 Å². The largest absolute Gasteiger partial charge is 0.497 e. The van der Waals surface area contributed by atoms with E-state index in [1.807, 2.05) is 45.0 Å². The highest BCUT2D eigenvalue weighted by Gasteiger charge is 2.26. The molecular formula is C46H74N6O11S. The minimum Gasteiger partial charge on any atom is -0.497 e. The molecule has 0 fully saturated rings. The lowest BCUT2D eigenvalue weighted by Crippen LogP contribution is -2.36. The van der Waals surface area contributed by atoms with Gasteiger partial charge in [-0.25, -0.2) is 13.2 Å². The highest BCUT2D eigenvalue weighted by molar-refractivity contribution is 7.89. The van der Waals surface area contributed by atoms with E-state index in [1.54, 1.807) is 38.0 Å². The van der Waals surface area contributed by atoms with Crippen molar-refractivity contribution in [3.63, 3.8) is 0 Å². The van der Waals surface area contributed by atoms with E-state index in [0.29, 0.717) is 102 Å². The number of amidine groups is 1. The van der Waals surface area contributed by atoms with Gasteiger partial charge in [0.05, 0.1) is 51.6 Å². The number of nitrogens with one attached hydrogen (secondary N) is 3. The average Bonchev–Trinajstić information content (AvgIpc) is 3.79. The molecule has 1 aliphatic rings. The normalized spacial score (nSPS) is 12.8. The minimum absolute atomic E-state index is 0.0319. The van der Waals surface area contributed by atoms with Gasteiger partial charge in [-0.05, 0) is 89.1 Å². The van der Waals surface area contributed by atoms with Crippen molar-refractivity contribution >= 4 is 33.8 Å². The summed E-state index contributed by atoms with van der Waals surface area (Å²) in [6.45, 7) is 15.0. The van der Waals surface area contributed by atoms with Crippen LogP contribution in [0.25, 0.3) is 0 Å². The van der Waals surface area contributed by atoms with Crippen LogP contribution in [0.3, 0.4) is 0 Å². The molecule has 0 unspecified atom stereocenters. The predicted molar refractivity (Wildman–Crippen MR) is 246 cm³/mol. The smallest absolute Gasteiger partial charge is 0.407 e. The first kappa shape index (κ1) is 54.0. The third kappa shape index (κ3) is 21.1. The first-order chi connectivity index (χ1) is 30.6. The number of amides is 3. The van der Waals surface area contributed by atoms with E-state index >= 15 is 0 Å². The molecule has 2 aromatic rings. The van der Waals surface area contributed by atoms with Gasteiger partial charge >= 0.3 is 6.09 Å². The summed E-state index contributed by atoms with van der Waals surface area (Å²) in [7, 11) is -0.751. The van der Waals surface area contributed by atoms with Gasteiger partial charge < -0.3 is 49.3 Å². The van der Waals surface area contributed by atoms with E-state index in [9.17, 15) is 22.8 Å². The zero-order valence-electron chi connectivity index (χ0n) is 39.3. The van der Waals surface area contributed by atoms with Crippen LogP contribution in [0.5, 0.6) is 5.75 Å². The van der Waals surface area contributed by atoms with Crippen molar-refractivity contribution in [2.45, 2.75) is 96.6 Å². The molecule has 0 spiro atoms. The summed E-state index contributed by atoms with van der Waals surface area (Å²) in [5.41, 5.74) is 2.63. The molecule has 0 saturated carbocycles. The molecule has 3 N–H and O–H groups in total. The molecule has 2 aromatic carbocycles. The van der Waals surface area contributed by atoms with E-state index in [2.05, 4.69) is 20.9 Å². The summed E-state index contributed by atoms with van der Waals surface area (Å²) in [5.74, 6) is 1.28. The highest BCUT2D eigenvalue weighted by Crippen LogP contribution is 2.27. The number of likely N-dealkylation sites (N-methyl/N-ethyl adjacent to an activating group) is 1. The Balaban J connectivity index is 1.27. The summed E-state index contributed by atoms with van der Waals surface area (Å²) in [6, 6.07) is 11.3. The molecule has 0 saturated heterocycles. The molecule has 0 radical (unpaired) electrons. The second-order valence-corrected chi connectivity index (χ2v) is 18.6. The molecule has 1 aliphatic heterocycles. The minimum atomic E-state index is -3.79. The van der Waals surface area contributed by atoms with Gasteiger partial charge in [-0.2, -0.15) is 4.31 Å². The van der Waals surface area contributed by atoms with Crippen LogP contribution < -0.4 is 20.7 Å². The Morgan fingerprint density at radius 2 is 1.41 bits per heavy atom. The lowest BCUT2D eigenvalue weighted by atomic mass is 10.1.